The number of hydrogen-bond donors (Lipinski definition) is 1. The fourth-order valence-corrected chi connectivity index (χ4v) is 3.15. The van der Waals surface area contributed by atoms with E-state index in [-0.39, 0.29) is 0 Å². The van der Waals surface area contributed by atoms with Crippen molar-refractivity contribution in [2.24, 2.45) is 0 Å². The maximum atomic E-state index is 5.21. The van der Waals surface area contributed by atoms with E-state index in [4.69, 9.17) is 4.74 Å². The predicted molar refractivity (Wildman–Crippen MR) is 87.1 cm³/mol. The van der Waals surface area contributed by atoms with Crippen LogP contribution in [-0.2, 0) is 12.8 Å². The summed E-state index contributed by atoms with van der Waals surface area (Å²) in [6.07, 6.45) is 3.46. The molecule has 1 N–H and O–H groups in total. The van der Waals surface area contributed by atoms with Crippen molar-refractivity contribution < 1.29 is 4.74 Å². The van der Waals surface area contributed by atoms with E-state index in [0.717, 1.165) is 31.7 Å². The highest BCUT2D eigenvalue weighted by molar-refractivity contribution is 5.33. The molecule has 0 spiro atoms. The van der Waals surface area contributed by atoms with Gasteiger partial charge in [0.1, 0.15) is 5.75 Å². The standard InChI is InChI=1S/C19H23NO/c1-21-18-10-7-15(8-11-18)6-9-16-4-2-3-5-19(16)17-12-13-20-14-17/h2-5,7-8,10-11,17,20H,6,9,12-14H2,1H3. The van der Waals surface area contributed by atoms with Crippen molar-refractivity contribution in [1.82, 2.24) is 5.32 Å². The molecule has 2 nitrogen and oxygen atoms in total. The minimum absolute atomic E-state index is 0.692. The van der Waals surface area contributed by atoms with Gasteiger partial charge in [0.05, 0.1) is 7.11 Å². The van der Waals surface area contributed by atoms with Crippen LogP contribution in [0.5, 0.6) is 5.75 Å². The van der Waals surface area contributed by atoms with Crippen LogP contribution in [0.1, 0.15) is 29.0 Å². The van der Waals surface area contributed by atoms with Crippen LogP contribution in [0.25, 0.3) is 0 Å². The summed E-state index contributed by atoms with van der Waals surface area (Å²) in [5.74, 6) is 1.62. The van der Waals surface area contributed by atoms with Crippen molar-refractivity contribution >= 4 is 0 Å². The number of hydrogen-bond acceptors (Lipinski definition) is 2. The van der Waals surface area contributed by atoms with Crippen molar-refractivity contribution in [3.05, 3.63) is 65.2 Å². The molecule has 1 heterocycles. The third-order valence-corrected chi connectivity index (χ3v) is 4.40. The molecule has 2 aromatic carbocycles. The first-order valence-corrected chi connectivity index (χ1v) is 7.78. The second-order valence-corrected chi connectivity index (χ2v) is 5.74. The van der Waals surface area contributed by atoms with Crippen LogP contribution in [0.15, 0.2) is 48.5 Å². The van der Waals surface area contributed by atoms with Crippen molar-refractivity contribution in [3.63, 3.8) is 0 Å². The molecule has 3 rings (SSSR count). The SMILES string of the molecule is COc1ccc(CCc2ccccc2C2CCNC2)cc1. The maximum absolute atomic E-state index is 5.21. The average molecular weight is 281 g/mol. The Morgan fingerprint density at radius 1 is 1.05 bits per heavy atom. The quantitative estimate of drug-likeness (QED) is 0.905. The van der Waals surface area contributed by atoms with Gasteiger partial charge in [0.25, 0.3) is 0 Å². The summed E-state index contributed by atoms with van der Waals surface area (Å²) in [5, 5.41) is 3.47. The van der Waals surface area contributed by atoms with E-state index in [1.54, 1.807) is 7.11 Å². The van der Waals surface area contributed by atoms with E-state index in [1.165, 1.54) is 23.1 Å². The Kier molecular flexibility index (Phi) is 4.56. The van der Waals surface area contributed by atoms with Gasteiger partial charge in [-0.1, -0.05) is 36.4 Å². The van der Waals surface area contributed by atoms with Crippen LogP contribution >= 0.6 is 0 Å². The molecule has 1 saturated heterocycles. The second-order valence-electron chi connectivity index (χ2n) is 5.74. The number of rotatable bonds is 5. The Labute approximate surface area is 127 Å². The Bertz CT molecular complexity index is 570. The van der Waals surface area contributed by atoms with Crippen LogP contribution in [-0.4, -0.2) is 20.2 Å². The van der Waals surface area contributed by atoms with Gasteiger partial charge in [-0.05, 0) is 60.5 Å². The Morgan fingerprint density at radius 2 is 1.86 bits per heavy atom. The molecule has 0 radical (unpaired) electrons. The fraction of sp³-hybridized carbons (Fsp3) is 0.368. The van der Waals surface area contributed by atoms with Crippen molar-refractivity contribution in [3.8, 4) is 5.75 Å². The number of methoxy groups -OCH3 is 1. The first-order valence-electron chi connectivity index (χ1n) is 7.78. The summed E-state index contributed by atoms with van der Waals surface area (Å²) in [6.45, 7) is 2.27. The van der Waals surface area contributed by atoms with Gasteiger partial charge < -0.3 is 10.1 Å². The molecular weight excluding hydrogens is 258 g/mol. The lowest BCUT2D eigenvalue weighted by Gasteiger charge is -2.15. The molecule has 1 atom stereocenters. The Hall–Kier alpha value is -1.80. The lowest BCUT2D eigenvalue weighted by atomic mass is 9.90. The molecule has 1 unspecified atom stereocenters. The largest absolute Gasteiger partial charge is 0.497 e. The van der Waals surface area contributed by atoms with E-state index in [0.29, 0.717) is 5.92 Å². The first-order chi connectivity index (χ1) is 10.4. The van der Waals surface area contributed by atoms with Gasteiger partial charge in [-0.2, -0.15) is 0 Å². The summed E-state index contributed by atoms with van der Waals surface area (Å²) >= 11 is 0. The van der Waals surface area contributed by atoms with Gasteiger partial charge in [0.15, 0.2) is 0 Å². The molecule has 0 amide bonds. The Morgan fingerprint density at radius 3 is 2.57 bits per heavy atom. The monoisotopic (exact) mass is 281 g/mol. The van der Waals surface area contributed by atoms with Crippen LogP contribution < -0.4 is 10.1 Å². The van der Waals surface area contributed by atoms with Gasteiger partial charge in [-0.25, -0.2) is 0 Å². The fourth-order valence-electron chi connectivity index (χ4n) is 3.15. The smallest absolute Gasteiger partial charge is 0.118 e. The molecule has 2 aromatic rings. The molecule has 2 heteroatoms. The number of ether oxygens (including phenoxy) is 1. The molecule has 0 aliphatic carbocycles. The van der Waals surface area contributed by atoms with E-state index in [1.807, 2.05) is 12.1 Å². The molecule has 21 heavy (non-hydrogen) atoms. The number of benzene rings is 2. The Balaban J connectivity index is 1.69. The molecule has 110 valence electrons. The third kappa shape index (κ3) is 3.45. The molecule has 1 fully saturated rings. The second kappa shape index (κ2) is 6.77. The topological polar surface area (TPSA) is 21.3 Å². The number of aryl methyl sites for hydroxylation is 2. The molecule has 1 aliphatic heterocycles. The van der Waals surface area contributed by atoms with E-state index < -0.39 is 0 Å². The molecule has 0 saturated carbocycles. The molecule has 1 aliphatic rings. The van der Waals surface area contributed by atoms with E-state index >= 15 is 0 Å². The van der Waals surface area contributed by atoms with Crippen LogP contribution in [0.4, 0.5) is 0 Å². The third-order valence-electron chi connectivity index (χ3n) is 4.40. The summed E-state index contributed by atoms with van der Waals surface area (Å²) in [7, 11) is 1.71. The van der Waals surface area contributed by atoms with Crippen LogP contribution in [0.2, 0.25) is 0 Å². The minimum atomic E-state index is 0.692. The highest BCUT2D eigenvalue weighted by Gasteiger charge is 2.18. The van der Waals surface area contributed by atoms with Gasteiger partial charge in [0.2, 0.25) is 0 Å². The summed E-state index contributed by atoms with van der Waals surface area (Å²) in [6, 6.07) is 17.3. The summed E-state index contributed by atoms with van der Waals surface area (Å²) < 4.78 is 5.21. The normalized spacial score (nSPS) is 17.9. The van der Waals surface area contributed by atoms with Crippen molar-refractivity contribution in [2.75, 3.05) is 20.2 Å². The first kappa shape index (κ1) is 14.2. The minimum Gasteiger partial charge on any atom is -0.497 e. The lowest BCUT2D eigenvalue weighted by Crippen LogP contribution is -2.09. The summed E-state index contributed by atoms with van der Waals surface area (Å²) in [5.41, 5.74) is 4.41. The molecular formula is C19H23NO. The van der Waals surface area contributed by atoms with E-state index in [2.05, 4.69) is 41.7 Å². The summed E-state index contributed by atoms with van der Waals surface area (Å²) in [4.78, 5) is 0. The zero-order valence-corrected chi connectivity index (χ0v) is 12.6. The molecule has 0 aromatic heterocycles. The van der Waals surface area contributed by atoms with Crippen LogP contribution in [0.3, 0.4) is 0 Å². The van der Waals surface area contributed by atoms with Gasteiger partial charge in [-0.3, -0.25) is 0 Å². The zero-order valence-electron chi connectivity index (χ0n) is 12.6. The highest BCUT2D eigenvalue weighted by atomic mass is 16.5. The van der Waals surface area contributed by atoms with Gasteiger partial charge >= 0.3 is 0 Å². The van der Waals surface area contributed by atoms with Gasteiger partial charge in [-0.15, -0.1) is 0 Å². The molecule has 0 bridgehead atoms. The predicted octanol–water partition coefficient (Wildman–Crippen LogP) is 3.56. The van der Waals surface area contributed by atoms with Crippen molar-refractivity contribution in [1.29, 1.82) is 0 Å². The average Bonchev–Trinajstić information content (AvgIpc) is 3.08. The van der Waals surface area contributed by atoms with E-state index in [9.17, 15) is 0 Å². The van der Waals surface area contributed by atoms with Crippen molar-refractivity contribution in [2.45, 2.75) is 25.2 Å². The lowest BCUT2D eigenvalue weighted by molar-refractivity contribution is 0.414. The maximum Gasteiger partial charge on any atom is 0.118 e. The zero-order chi connectivity index (χ0) is 14.5. The van der Waals surface area contributed by atoms with Crippen LogP contribution in [0, 0.1) is 0 Å². The number of nitrogens with one attached hydrogen (secondary N) is 1. The van der Waals surface area contributed by atoms with Gasteiger partial charge in [0, 0.05) is 6.54 Å². The highest BCUT2D eigenvalue weighted by Crippen LogP contribution is 2.26.